The van der Waals surface area contributed by atoms with Gasteiger partial charge in [0.25, 0.3) is 0 Å². The van der Waals surface area contributed by atoms with Gasteiger partial charge in [-0.15, -0.1) is 11.3 Å². The molecule has 1 atom stereocenters. The highest BCUT2D eigenvalue weighted by molar-refractivity contribution is 7.10. The number of rotatable bonds is 9. The monoisotopic (exact) mass is 358 g/mol. The summed E-state index contributed by atoms with van der Waals surface area (Å²) < 4.78 is 12.5. The fourth-order valence-corrected chi connectivity index (χ4v) is 4.29. The zero-order chi connectivity index (χ0) is 17.5. The van der Waals surface area contributed by atoms with E-state index in [4.69, 9.17) is 9.47 Å². The van der Waals surface area contributed by atoms with E-state index < -0.39 is 0 Å². The molecule has 0 aliphatic heterocycles. The molecule has 1 aromatic heterocycles. The molecule has 1 aromatic carbocycles. The first kappa shape index (κ1) is 18.6. The van der Waals surface area contributed by atoms with Gasteiger partial charge in [-0.3, -0.25) is 0 Å². The predicted octanol–water partition coefficient (Wildman–Crippen LogP) is 6.38. The third-order valence-electron chi connectivity index (χ3n) is 4.86. The van der Waals surface area contributed by atoms with Crippen LogP contribution in [0.1, 0.15) is 62.5 Å². The van der Waals surface area contributed by atoms with Crippen LogP contribution in [0, 0.1) is 5.41 Å². The maximum atomic E-state index is 6.51. The summed E-state index contributed by atoms with van der Waals surface area (Å²) in [5.74, 6) is 0. The van der Waals surface area contributed by atoms with Crippen molar-refractivity contribution in [1.82, 2.24) is 0 Å². The molecule has 3 rings (SSSR count). The maximum Gasteiger partial charge on any atom is 0.0926 e. The third kappa shape index (κ3) is 5.95. The zero-order valence-corrected chi connectivity index (χ0v) is 16.3. The Morgan fingerprint density at radius 1 is 1.08 bits per heavy atom. The van der Waals surface area contributed by atoms with Gasteiger partial charge in [0.15, 0.2) is 0 Å². The average molecular weight is 359 g/mol. The van der Waals surface area contributed by atoms with Crippen LogP contribution in [0.2, 0.25) is 0 Å². The second-order valence-electron chi connectivity index (χ2n) is 7.89. The van der Waals surface area contributed by atoms with Gasteiger partial charge >= 0.3 is 0 Å². The third-order valence-corrected chi connectivity index (χ3v) is 5.83. The summed E-state index contributed by atoms with van der Waals surface area (Å²) in [5.41, 5.74) is 1.32. The second kappa shape index (κ2) is 8.98. The maximum absolute atomic E-state index is 6.51. The number of ether oxygens (including phenoxy) is 2. The molecule has 0 bridgehead atoms. The Morgan fingerprint density at radius 2 is 1.84 bits per heavy atom. The Balaban J connectivity index is 1.55. The second-order valence-corrected chi connectivity index (χ2v) is 8.87. The molecule has 25 heavy (non-hydrogen) atoms. The van der Waals surface area contributed by atoms with Gasteiger partial charge in [0.05, 0.1) is 25.4 Å². The summed E-state index contributed by atoms with van der Waals surface area (Å²) in [6.45, 7) is 6.00. The van der Waals surface area contributed by atoms with Crippen LogP contribution in [0.5, 0.6) is 0 Å². The highest BCUT2D eigenvalue weighted by Gasteiger charge is 2.29. The van der Waals surface area contributed by atoms with Crippen molar-refractivity contribution < 1.29 is 9.47 Å². The minimum Gasteiger partial charge on any atom is -0.376 e. The standard InChI is InChI=1S/C22H30O2S/c1-22(2,17-23-16-18-9-4-3-5-10-18)15-20(21-13-8-14-25-21)24-19-11-6-7-12-19/h3-5,8-10,13-14,19-20H,6-7,11-12,15-17H2,1-2H3/t20-/m0/s1. The van der Waals surface area contributed by atoms with Crippen molar-refractivity contribution in [3.05, 3.63) is 58.3 Å². The van der Waals surface area contributed by atoms with Crippen molar-refractivity contribution in [1.29, 1.82) is 0 Å². The van der Waals surface area contributed by atoms with E-state index in [1.54, 1.807) is 0 Å². The minimum absolute atomic E-state index is 0.0854. The van der Waals surface area contributed by atoms with E-state index in [9.17, 15) is 0 Å². The topological polar surface area (TPSA) is 18.5 Å². The Kier molecular flexibility index (Phi) is 6.69. The average Bonchev–Trinajstić information content (AvgIpc) is 3.28. The van der Waals surface area contributed by atoms with Crippen LogP contribution in [0.25, 0.3) is 0 Å². The lowest BCUT2D eigenvalue weighted by Gasteiger charge is -2.31. The van der Waals surface area contributed by atoms with E-state index in [0.29, 0.717) is 12.7 Å². The van der Waals surface area contributed by atoms with Crippen molar-refractivity contribution in [2.24, 2.45) is 5.41 Å². The molecule has 0 radical (unpaired) electrons. The number of hydrogen-bond donors (Lipinski definition) is 0. The van der Waals surface area contributed by atoms with Gasteiger partial charge in [-0.1, -0.05) is 63.1 Å². The molecule has 1 heterocycles. The molecule has 0 saturated heterocycles. The highest BCUT2D eigenvalue weighted by atomic mass is 32.1. The normalized spacial score (nSPS) is 17.0. The van der Waals surface area contributed by atoms with E-state index in [2.05, 4.69) is 55.6 Å². The molecule has 3 heteroatoms. The van der Waals surface area contributed by atoms with Crippen LogP contribution in [-0.2, 0) is 16.1 Å². The Morgan fingerprint density at radius 3 is 2.52 bits per heavy atom. The SMILES string of the molecule is CC(C)(COCc1ccccc1)C[C@H](OC1CCCC1)c1cccs1. The lowest BCUT2D eigenvalue weighted by molar-refractivity contribution is -0.0464. The van der Waals surface area contributed by atoms with E-state index >= 15 is 0 Å². The van der Waals surface area contributed by atoms with Gasteiger partial charge in [0.1, 0.15) is 0 Å². The zero-order valence-electron chi connectivity index (χ0n) is 15.4. The largest absolute Gasteiger partial charge is 0.376 e. The molecule has 1 fully saturated rings. The van der Waals surface area contributed by atoms with Gasteiger partial charge in [-0.2, -0.15) is 0 Å². The van der Waals surface area contributed by atoms with Crippen molar-refractivity contribution in [2.75, 3.05) is 6.61 Å². The summed E-state index contributed by atoms with van der Waals surface area (Å²) in [7, 11) is 0. The molecule has 0 amide bonds. The van der Waals surface area contributed by atoms with Crippen LogP contribution in [0.3, 0.4) is 0 Å². The predicted molar refractivity (Wildman–Crippen MR) is 105 cm³/mol. The van der Waals surface area contributed by atoms with E-state index in [0.717, 1.165) is 13.0 Å². The van der Waals surface area contributed by atoms with Gasteiger partial charge in [-0.05, 0) is 41.7 Å². The molecule has 0 N–H and O–H groups in total. The summed E-state index contributed by atoms with van der Waals surface area (Å²) in [4.78, 5) is 1.35. The molecule has 1 saturated carbocycles. The smallest absolute Gasteiger partial charge is 0.0926 e. The molecule has 136 valence electrons. The van der Waals surface area contributed by atoms with Gasteiger partial charge in [-0.25, -0.2) is 0 Å². The van der Waals surface area contributed by atoms with Crippen molar-refractivity contribution in [3.63, 3.8) is 0 Å². The van der Waals surface area contributed by atoms with Crippen LogP contribution in [-0.4, -0.2) is 12.7 Å². The molecule has 0 spiro atoms. The molecule has 0 unspecified atom stereocenters. The number of benzene rings is 1. The molecule has 1 aliphatic carbocycles. The van der Waals surface area contributed by atoms with Gasteiger partial charge < -0.3 is 9.47 Å². The van der Waals surface area contributed by atoms with Crippen molar-refractivity contribution in [3.8, 4) is 0 Å². The Labute approximate surface area is 156 Å². The van der Waals surface area contributed by atoms with Gasteiger partial charge in [0.2, 0.25) is 0 Å². The van der Waals surface area contributed by atoms with Crippen molar-refractivity contribution in [2.45, 2.75) is 64.8 Å². The van der Waals surface area contributed by atoms with E-state index in [-0.39, 0.29) is 11.5 Å². The summed E-state index contributed by atoms with van der Waals surface area (Å²) in [5, 5.41) is 2.15. The van der Waals surface area contributed by atoms with Gasteiger partial charge in [0, 0.05) is 4.88 Å². The first-order valence-corrected chi connectivity index (χ1v) is 10.3. The molecule has 2 aromatic rings. The van der Waals surface area contributed by atoms with Crippen LogP contribution in [0.4, 0.5) is 0 Å². The van der Waals surface area contributed by atoms with Crippen LogP contribution < -0.4 is 0 Å². The first-order valence-electron chi connectivity index (χ1n) is 9.43. The minimum atomic E-state index is 0.0854. The molecular weight excluding hydrogens is 328 g/mol. The van der Waals surface area contributed by atoms with Crippen LogP contribution in [0.15, 0.2) is 47.8 Å². The fourth-order valence-electron chi connectivity index (χ4n) is 3.53. The summed E-state index contributed by atoms with van der Waals surface area (Å²) in [6, 6.07) is 14.7. The molecular formula is C22H30O2S. The quantitative estimate of drug-likeness (QED) is 0.517. The lowest BCUT2D eigenvalue weighted by Crippen LogP contribution is -2.25. The van der Waals surface area contributed by atoms with E-state index in [1.165, 1.54) is 36.1 Å². The summed E-state index contributed by atoms with van der Waals surface area (Å²) >= 11 is 1.81. The Hall–Kier alpha value is -1.16. The Bertz CT molecular complexity index is 600. The first-order chi connectivity index (χ1) is 12.1. The van der Waals surface area contributed by atoms with E-state index in [1.807, 2.05) is 17.4 Å². The highest BCUT2D eigenvalue weighted by Crippen LogP contribution is 2.38. The molecule has 1 aliphatic rings. The lowest BCUT2D eigenvalue weighted by atomic mass is 9.87. The number of thiophene rings is 1. The van der Waals surface area contributed by atoms with Crippen LogP contribution >= 0.6 is 11.3 Å². The van der Waals surface area contributed by atoms with Crippen molar-refractivity contribution >= 4 is 11.3 Å². The molecule has 2 nitrogen and oxygen atoms in total. The number of hydrogen-bond acceptors (Lipinski definition) is 3. The fraction of sp³-hybridized carbons (Fsp3) is 0.545. The summed E-state index contributed by atoms with van der Waals surface area (Å²) in [6.07, 6.45) is 6.68.